The van der Waals surface area contributed by atoms with Crippen molar-refractivity contribution >= 4 is 12.2 Å². The summed E-state index contributed by atoms with van der Waals surface area (Å²) in [4.78, 5) is 15.6. The van der Waals surface area contributed by atoms with Gasteiger partial charge in [0.2, 0.25) is 0 Å². The first-order valence-electron chi connectivity index (χ1n) is 9.02. The van der Waals surface area contributed by atoms with Crippen LogP contribution in [0.4, 0.5) is 17.6 Å². The minimum atomic E-state index is -4.85. The molecule has 0 spiro atoms. The van der Waals surface area contributed by atoms with Gasteiger partial charge in [-0.1, -0.05) is 26.1 Å². The average Bonchev–Trinajstić information content (AvgIpc) is 3.20. The molecule has 0 amide bonds. The minimum Gasteiger partial charge on any atom is -0.462 e. The smallest absolute Gasteiger partial charge is 0.417 e. The maximum absolute atomic E-state index is 13.5. The molecule has 3 heterocycles. The van der Waals surface area contributed by atoms with Gasteiger partial charge in [0.25, 0.3) is 5.56 Å². The second-order valence-electron chi connectivity index (χ2n) is 6.88. The predicted octanol–water partition coefficient (Wildman–Crippen LogP) is 5.97. The number of alkyl halides is 4. The zero-order valence-electron chi connectivity index (χ0n) is 16.9. The van der Waals surface area contributed by atoms with Crippen molar-refractivity contribution in [1.29, 1.82) is 5.26 Å². The van der Waals surface area contributed by atoms with E-state index in [2.05, 4.69) is 4.98 Å². The molecule has 0 aliphatic carbocycles. The van der Waals surface area contributed by atoms with Crippen molar-refractivity contribution in [1.82, 2.24) is 9.55 Å². The van der Waals surface area contributed by atoms with E-state index < -0.39 is 22.9 Å². The summed E-state index contributed by atoms with van der Waals surface area (Å²) in [5, 5.41) is 9.16. The van der Waals surface area contributed by atoms with Gasteiger partial charge in [-0.2, -0.15) is 18.4 Å². The SMILES string of the molecule is CC(C)Cn1c(-c2cc(-c3ccc(=S)[nH]c3)co2)cc(C(F)(F)F)c(C#N)c1=O.CF. The zero-order chi connectivity index (χ0) is 23.3. The molecule has 3 aromatic heterocycles. The van der Waals surface area contributed by atoms with Crippen molar-refractivity contribution in [3.05, 3.63) is 62.8 Å². The van der Waals surface area contributed by atoms with Crippen LogP contribution in [0.1, 0.15) is 25.0 Å². The summed E-state index contributed by atoms with van der Waals surface area (Å²) in [5.41, 5.74) is -1.91. The molecule has 0 aliphatic rings. The van der Waals surface area contributed by atoms with E-state index in [1.165, 1.54) is 12.3 Å². The maximum atomic E-state index is 13.5. The first kappa shape index (κ1) is 24.1. The van der Waals surface area contributed by atoms with Crippen LogP contribution in [0.2, 0.25) is 0 Å². The van der Waals surface area contributed by atoms with Gasteiger partial charge in [-0.3, -0.25) is 9.18 Å². The molecule has 0 atom stereocenters. The summed E-state index contributed by atoms with van der Waals surface area (Å²) in [5.74, 6) is 0.0496. The molecule has 0 aliphatic heterocycles. The lowest BCUT2D eigenvalue weighted by atomic mass is 10.1. The molecule has 0 fully saturated rings. The molecule has 3 rings (SSSR count). The van der Waals surface area contributed by atoms with Gasteiger partial charge in [0.05, 0.1) is 24.7 Å². The largest absolute Gasteiger partial charge is 0.462 e. The van der Waals surface area contributed by atoms with Crippen LogP contribution in [-0.2, 0) is 12.7 Å². The molecule has 0 aromatic carbocycles. The highest BCUT2D eigenvalue weighted by molar-refractivity contribution is 7.71. The third-order valence-corrected chi connectivity index (χ3v) is 4.49. The van der Waals surface area contributed by atoms with Gasteiger partial charge in [-0.05, 0) is 30.2 Å². The quantitative estimate of drug-likeness (QED) is 0.390. The molecular weight excluding hydrogens is 434 g/mol. The Morgan fingerprint density at radius 3 is 2.42 bits per heavy atom. The van der Waals surface area contributed by atoms with Gasteiger partial charge in [0.1, 0.15) is 16.3 Å². The molecule has 31 heavy (non-hydrogen) atoms. The second kappa shape index (κ2) is 9.75. The van der Waals surface area contributed by atoms with E-state index >= 15 is 0 Å². The Labute approximate surface area is 180 Å². The topological polar surface area (TPSA) is 74.7 Å². The average molecular weight is 453 g/mol. The first-order chi connectivity index (χ1) is 14.6. The standard InChI is InChI=1S/C20H16F3N3O2S.CH3F/c1-11(2)9-26-16(6-15(20(21,22)23)14(7-24)19(26)27)17-5-13(10-28-17)12-3-4-18(29)25-8-12;1-2/h3-6,8,10-11H,9H2,1-2H3,(H,25,29);1H3. The van der Waals surface area contributed by atoms with E-state index in [0.717, 1.165) is 16.2 Å². The van der Waals surface area contributed by atoms with Crippen molar-refractivity contribution in [2.75, 3.05) is 7.18 Å². The summed E-state index contributed by atoms with van der Waals surface area (Å²) in [6.07, 6.45) is -1.81. The Hall–Kier alpha value is -3.19. The molecule has 3 aromatic rings. The maximum Gasteiger partial charge on any atom is 0.417 e. The molecule has 10 heteroatoms. The predicted molar refractivity (Wildman–Crippen MR) is 111 cm³/mol. The van der Waals surface area contributed by atoms with Crippen molar-refractivity contribution in [2.45, 2.75) is 26.6 Å². The highest BCUT2D eigenvalue weighted by Gasteiger charge is 2.37. The summed E-state index contributed by atoms with van der Waals surface area (Å²) in [6, 6.07) is 7.16. The Kier molecular flexibility index (Phi) is 7.57. The third-order valence-electron chi connectivity index (χ3n) is 4.23. The summed E-state index contributed by atoms with van der Waals surface area (Å²) >= 11 is 5.00. The summed E-state index contributed by atoms with van der Waals surface area (Å²) in [7, 11) is 0.500. The number of nitriles is 1. The van der Waals surface area contributed by atoms with E-state index in [4.69, 9.17) is 21.9 Å². The number of halogens is 4. The number of rotatable bonds is 4. The molecule has 0 radical (unpaired) electrons. The lowest BCUT2D eigenvalue weighted by Crippen LogP contribution is -2.29. The number of H-pyrrole nitrogens is 1. The lowest BCUT2D eigenvalue weighted by Gasteiger charge is -2.17. The number of aromatic nitrogens is 2. The fourth-order valence-electron chi connectivity index (χ4n) is 2.94. The number of hydrogen-bond donors (Lipinski definition) is 1. The number of nitrogens with zero attached hydrogens (tertiary/aromatic N) is 2. The fraction of sp³-hybridized carbons (Fsp3) is 0.286. The molecule has 164 valence electrons. The highest BCUT2D eigenvalue weighted by atomic mass is 32.1. The van der Waals surface area contributed by atoms with Crippen molar-refractivity contribution in [3.63, 3.8) is 0 Å². The third kappa shape index (κ3) is 5.30. The Bertz CT molecular complexity index is 1200. The van der Waals surface area contributed by atoms with Crippen LogP contribution in [0.25, 0.3) is 22.6 Å². The Morgan fingerprint density at radius 2 is 1.90 bits per heavy atom. The summed E-state index contributed by atoms with van der Waals surface area (Å²) < 4.78 is 57.1. The molecule has 0 saturated heterocycles. The molecular formula is C21H19F4N3O2S. The summed E-state index contributed by atoms with van der Waals surface area (Å²) in [6.45, 7) is 3.77. The second-order valence-corrected chi connectivity index (χ2v) is 7.32. The van der Waals surface area contributed by atoms with E-state index in [9.17, 15) is 22.4 Å². The van der Waals surface area contributed by atoms with Crippen LogP contribution in [-0.4, -0.2) is 16.7 Å². The number of pyridine rings is 2. The van der Waals surface area contributed by atoms with E-state index in [1.54, 1.807) is 24.4 Å². The fourth-order valence-corrected chi connectivity index (χ4v) is 3.07. The van der Waals surface area contributed by atoms with Gasteiger partial charge in [-0.15, -0.1) is 0 Å². The van der Waals surface area contributed by atoms with Crippen molar-refractivity contribution < 1.29 is 22.0 Å². The first-order valence-corrected chi connectivity index (χ1v) is 9.43. The monoisotopic (exact) mass is 453 g/mol. The highest BCUT2D eigenvalue weighted by Crippen LogP contribution is 2.35. The van der Waals surface area contributed by atoms with Crippen molar-refractivity contribution in [3.8, 4) is 28.7 Å². The molecule has 0 bridgehead atoms. The van der Waals surface area contributed by atoms with Gasteiger partial charge >= 0.3 is 6.18 Å². The van der Waals surface area contributed by atoms with Crippen LogP contribution in [0.3, 0.4) is 0 Å². The molecule has 0 unspecified atom stereocenters. The van der Waals surface area contributed by atoms with Gasteiger partial charge in [0, 0.05) is 23.9 Å². The van der Waals surface area contributed by atoms with Gasteiger partial charge in [0.15, 0.2) is 5.76 Å². The zero-order valence-corrected chi connectivity index (χ0v) is 17.7. The normalized spacial score (nSPS) is 11.1. The van der Waals surface area contributed by atoms with Crippen LogP contribution in [0.15, 0.2) is 45.9 Å². The molecule has 5 nitrogen and oxygen atoms in total. The van der Waals surface area contributed by atoms with Gasteiger partial charge in [-0.25, -0.2) is 0 Å². The van der Waals surface area contributed by atoms with Crippen LogP contribution < -0.4 is 5.56 Å². The van der Waals surface area contributed by atoms with Crippen LogP contribution >= 0.6 is 12.2 Å². The number of nitrogens with one attached hydrogen (secondary N) is 1. The number of aromatic amines is 1. The van der Waals surface area contributed by atoms with Crippen LogP contribution in [0.5, 0.6) is 0 Å². The van der Waals surface area contributed by atoms with E-state index in [0.29, 0.717) is 17.4 Å². The van der Waals surface area contributed by atoms with E-state index in [-0.39, 0.29) is 23.9 Å². The number of hydrogen-bond acceptors (Lipinski definition) is 4. The molecule has 0 saturated carbocycles. The Balaban J connectivity index is 0.00000166. The van der Waals surface area contributed by atoms with Crippen molar-refractivity contribution in [2.24, 2.45) is 5.92 Å². The number of furan rings is 1. The van der Waals surface area contributed by atoms with Gasteiger partial charge < -0.3 is 14.0 Å². The molecule has 1 N–H and O–H groups in total. The Morgan fingerprint density at radius 1 is 1.23 bits per heavy atom. The minimum absolute atomic E-state index is 0.0369. The van der Waals surface area contributed by atoms with Crippen LogP contribution in [0, 0.1) is 21.9 Å². The van der Waals surface area contributed by atoms with E-state index in [1.807, 2.05) is 13.8 Å². The lowest BCUT2D eigenvalue weighted by molar-refractivity contribution is -0.137.